The molecule has 0 aromatic heterocycles. The fourth-order valence-electron chi connectivity index (χ4n) is 4.77. The van der Waals surface area contributed by atoms with Crippen LogP contribution in [0, 0.1) is 17.3 Å². The minimum Gasteiger partial charge on any atom is -0.277 e. The third-order valence-electron chi connectivity index (χ3n) is 5.34. The lowest BCUT2D eigenvalue weighted by Gasteiger charge is -2.39. The van der Waals surface area contributed by atoms with E-state index < -0.39 is 5.54 Å². The third kappa shape index (κ3) is 6.75. The first-order valence-electron chi connectivity index (χ1n) is 10.4. The Bertz CT molecular complexity index is 447. The van der Waals surface area contributed by atoms with Gasteiger partial charge >= 0.3 is 0 Å². The monoisotopic (exact) mass is 351 g/mol. The number of hydrogen-bond donors (Lipinski definition) is 0. The topological polar surface area (TPSA) is 37.4 Å². The Morgan fingerprint density at radius 2 is 1.64 bits per heavy atom. The predicted octanol–water partition coefficient (Wildman–Crippen LogP) is 5.96. The van der Waals surface area contributed by atoms with Gasteiger partial charge < -0.3 is 0 Å². The zero-order valence-corrected chi connectivity index (χ0v) is 17.8. The molecule has 1 saturated heterocycles. The van der Waals surface area contributed by atoms with Crippen molar-refractivity contribution in [3.63, 3.8) is 0 Å². The van der Waals surface area contributed by atoms with E-state index in [0.717, 1.165) is 19.3 Å². The summed E-state index contributed by atoms with van der Waals surface area (Å²) in [6, 6.07) is 0. The van der Waals surface area contributed by atoms with Crippen molar-refractivity contribution in [1.82, 2.24) is 4.90 Å². The second-order valence-corrected chi connectivity index (χ2v) is 9.90. The quantitative estimate of drug-likeness (QED) is 0.359. The number of amides is 2. The first-order chi connectivity index (χ1) is 11.5. The van der Waals surface area contributed by atoms with Crippen LogP contribution in [0.2, 0.25) is 0 Å². The van der Waals surface area contributed by atoms with Crippen LogP contribution in [0.5, 0.6) is 0 Å². The van der Waals surface area contributed by atoms with Gasteiger partial charge in [-0.3, -0.25) is 14.5 Å². The predicted molar refractivity (Wildman–Crippen MR) is 105 cm³/mol. The highest BCUT2D eigenvalue weighted by Gasteiger charge is 2.47. The average molecular weight is 352 g/mol. The van der Waals surface area contributed by atoms with Crippen molar-refractivity contribution in [2.75, 3.05) is 0 Å². The first-order valence-corrected chi connectivity index (χ1v) is 10.4. The molecule has 2 amide bonds. The van der Waals surface area contributed by atoms with Crippen LogP contribution in [0.1, 0.15) is 106 Å². The molecule has 0 N–H and O–H groups in total. The minimum absolute atomic E-state index is 0.0352. The maximum atomic E-state index is 13.0. The summed E-state index contributed by atoms with van der Waals surface area (Å²) in [4.78, 5) is 27.3. The molecule has 3 nitrogen and oxygen atoms in total. The zero-order chi connectivity index (χ0) is 19.3. The van der Waals surface area contributed by atoms with Crippen LogP contribution in [-0.2, 0) is 9.59 Å². The molecule has 1 aliphatic heterocycles. The highest BCUT2D eigenvalue weighted by molar-refractivity contribution is 6.04. The van der Waals surface area contributed by atoms with Crippen molar-refractivity contribution in [2.24, 2.45) is 17.3 Å². The van der Waals surface area contributed by atoms with Crippen molar-refractivity contribution >= 4 is 11.8 Å². The molecule has 0 saturated carbocycles. The molecule has 1 heterocycles. The minimum atomic E-state index is -0.399. The zero-order valence-electron chi connectivity index (χ0n) is 17.8. The summed E-state index contributed by atoms with van der Waals surface area (Å²) in [5.74, 6) is 0.609. The molecule has 0 aromatic rings. The van der Waals surface area contributed by atoms with Gasteiger partial charge in [0.1, 0.15) is 0 Å². The maximum Gasteiger partial charge on any atom is 0.233 e. The Labute approximate surface area is 155 Å². The van der Waals surface area contributed by atoms with Gasteiger partial charge in [-0.25, -0.2) is 0 Å². The van der Waals surface area contributed by atoms with Crippen LogP contribution in [0.25, 0.3) is 0 Å². The molecule has 0 aliphatic carbocycles. The average Bonchev–Trinajstić information content (AvgIpc) is 2.71. The van der Waals surface area contributed by atoms with Gasteiger partial charge in [0.15, 0.2) is 0 Å². The summed E-state index contributed by atoms with van der Waals surface area (Å²) < 4.78 is 0. The van der Waals surface area contributed by atoms with E-state index in [1.54, 1.807) is 4.90 Å². The summed E-state index contributed by atoms with van der Waals surface area (Å²) in [7, 11) is 0. The summed E-state index contributed by atoms with van der Waals surface area (Å²) in [6.07, 6.45) is 9.42. The molecule has 0 aromatic carbocycles. The van der Waals surface area contributed by atoms with Crippen LogP contribution in [-0.4, -0.2) is 22.3 Å². The molecule has 0 spiro atoms. The number of rotatable bonds is 10. The molecule has 2 unspecified atom stereocenters. The SMILES string of the molecule is CCCCCC(CCC)CC1CC(=O)N(C(C)(C)CC(C)(C)C)C1=O. The highest BCUT2D eigenvalue weighted by Crippen LogP contribution is 2.38. The lowest BCUT2D eigenvalue weighted by Crippen LogP contribution is -2.49. The van der Waals surface area contributed by atoms with E-state index >= 15 is 0 Å². The van der Waals surface area contributed by atoms with Crippen LogP contribution < -0.4 is 0 Å². The lowest BCUT2D eigenvalue weighted by molar-refractivity contribution is -0.146. The molecule has 2 atom stereocenters. The van der Waals surface area contributed by atoms with E-state index in [1.807, 2.05) is 13.8 Å². The molecule has 1 rings (SSSR count). The summed E-state index contributed by atoms with van der Waals surface area (Å²) in [6.45, 7) is 15.0. The van der Waals surface area contributed by atoms with E-state index in [4.69, 9.17) is 0 Å². The number of unbranched alkanes of at least 4 members (excludes halogenated alkanes) is 2. The highest BCUT2D eigenvalue weighted by atomic mass is 16.2. The van der Waals surface area contributed by atoms with Crippen LogP contribution in [0.3, 0.4) is 0 Å². The molecule has 1 aliphatic rings. The Kier molecular flexibility index (Phi) is 8.15. The molecule has 1 fully saturated rings. The van der Waals surface area contributed by atoms with Gasteiger partial charge in [-0.2, -0.15) is 0 Å². The smallest absolute Gasteiger partial charge is 0.233 e. The number of imide groups is 1. The Morgan fingerprint density at radius 1 is 1.00 bits per heavy atom. The van der Waals surface area contributed by atoms with Gasteiger partial charge in [-0.15, -0.1) is 0 Å². The maximum absolute atomic E-state index is 13.0. The molecule has 0 radical (unpaired) electrons. The van der Waals surface area contributed by atoms with Crippen LogP contribution in [0.4, 0.5) is 0 Å². The van der Waals surface area contributed by atoms with Crippen molar-refractivity contribution in [1.29, 1.82) is 0 Å². The Balaban J connectivity index is 2.78. The van der Waals surface area contributed by atoms with Gasteiger partial charge in [0.25, 0.3) is 0 Å². The van der Waals surface area contributed by atoms with Gasteiger partial charge in [0.05, 0.1) is 0 Å². The first kappa shape index (κ1) is 22.2. The van der Waals surface area contributed by atoms with Crippen molar-refractivity contribution in [2.45, 2.75) is 112 Å². The van der Waals surface area contributed by atoms with Crippen LogP contribution >= 0.6 is 0 Å². The normalized spacial score (nSPS) is 20.4. The van der Waals surface area contributed by atoms with Gasteiger partial charge in [0.2, 0.25) is 11.8 Å². The van der Waals surface area contributed by atoms with Gasteiger partial charge in [-0.1, -0.05) is 73.1 Å². The summed E-state index contributed by atoms with van der Waals surface area (Å²) in [5, 5.41) is 0. The molecule has 0 bridgehead atoms. The number of hydrogen-bond acceptors (Lipinski definition) is 2. The summed E-state index contributed by atoms with van der Waals surface area (Å²) in [5.41, 5.74) is -0.309. The Morgan fingerprint density at radius 3 is 2.16 bits per heavy atom. The number of carbonyl (C=O) groups excluding carboxylic acids is 2. The molecular weight excluding hydrogens is 310 g/mol. The number of likely N-dealkylation sites (tertiary alicyclic amines) is 1. The molecule has 3 heteroatoms. The fraction of sp³-hybridized carbons (Fsp3) is 0.909. The lowest BCUT2D eigenvalue weighted by atomic mass is 9.80. The number of nitrogens with zero attached hydrogens (tertiary/aromatic N) is 1. The van der Waals surface area contributed by atoms with E-state index in [1.165, 1.54) is 32.1 Å². The molecular formula is C22H41NO2. The number of carbonyl (C=O) groups is 2. The van der Waals surface area contributed by atoms with E-state index in [0.29, 0.717) is 12.3 Å². The van der Waals surface area contributed by atoms with Crippen LogP contribution in [0.15, 0.2) is 0 Å². The molecule has 146 valence electrons. The third-order valence-corrected chi connectivity index (χ3v) is 5.34. The van der Waals surface area contributed by atoms with Gasteiger partial charge in [-0.05, 0) is 38.0 Å². The van der Waals surface area contributed by atoms with E-state index in [9.17, 15) is 9.59 Å². The largest absolute Gasteiger partial charge is 0.277 e. The van der Waals surface area contributed by atoms with Crippen molar-refractivity contribution in [3.8, 4) is 0 Å². The second-order valence-electron chi connectivity index (χ2n) is 9.90. The fourth-order valence-corrected chi connectivity index (χ4v) is 4.77. The van der Waals surface area contributed by atoms with E-state index in [2.05, 4.69) is 34.6 Å². The van der Waals surface area contributed by atoms with Gasteiger partial charge in [0, 0.05) is 17.9 Å². The summed E-state index contributed by atoms with van der Waals surface area (Å²) >= 11 is 0. The van der Waals surface area contributed by atoms with Crippen molar-refractivity contribution < 1.29 is 9.59 Å². The Hall–Kier alpha value is -0.860. The standard InChI is InChI=1S/C22H41NO2/c1-8-10-11-13-17(12-9-2)14-18-15-19(24)23(20(18)25)22(6,7)16-21(3,4)5/h17-18H,8-16H2,1-7H3. The van der Waals surface area contributed by atoms with E-state index in [-0.39, 0.29) is 23.1 Å². The second kappa shape index (κ2) is 9.19. The van der Waals surface area contributed by atoms with Crippen molar-refractivity contribution in [3.05, 3.63) is 0 Å². The molecule has 25 heavy (non-hydrogen) atoms.